The maximum Gasteiger partial charge on any atom is 0.410 e. The second-order valence-electron chi connectivity index (χ2n) is 8.63. The van der Waals surface area contributed by atoms with Crippen molar-refractivity contribution < 1.29 is 14.3 Å². The van der Waals surface area contributed by atoms with Crippen molar-refractivity contribution in [3.63, 3.8) is 0 Å². The van der Waals surface area contributed by atoms with E-state index in [4.69, 9.17) is 4.74 Å². The van der Waals surface area contributed by atoms with Gasteiger partial charge in [-0.05, 0) is 50.2 Å². The molecule has 2 aromatic rings. The topological polar surface area (TPSA) is 49.9 Å². The molecule has 1 aromatic carbocycles. The number of nitrogens with zero attached hydrogens (tertiary/aromatic N) is 2. The van der Waals surface area contributed by atoms with Gasteiger partial charge in [-0.2, -0.15) is 0 Å². The van der Waals surface area contributed by atoms with Gasteiger partial charge in [-0.25, -0.2) is 4.79 Å². The van der Waals surface area contributed by atoms with Crippen molar-refractivity contribution in [1.29, 1.82) is 0 Å². The molecule has 0 unspecified atom stereocenters. The minimum absolute atomic E-state index is 0.198. The fourth-order valence-corrected chi connectivity index (χ4v) is 5.71. The van der Waals surface area contributed by atoms with Crippen LogP contribution in [0.2, 0.25) is 0 Å². The quantitative estimate of drug-likeness (QED) is 0.505. The fourth-order valence-electron chi connectivity index (χ4n) is 4.52. The summed E-state index contributed by atoms with van der Waals surface area (Å²) in [6.07, 6.45) is 6.27. The van der Waals surface area contributed by atoms with Crippen LogP contribution in [0.15, 0.2) is 36.4 Å². The summed E-state index contributed by atoms with van der Waals surface area (Å²) in [5.74, 6) is 0.608. The number of likely N-dealkylation sites (tertiary alicyclic amines) is 2. The van der Waals surface area contributed by atoms with Crippen LogP contribution in [-0.4, -0.2) is 48.0 Å². The van der Waals surface area contributed by atoms with Crippen molar-refractivity contribution in [2.24, 2.45) is 0 Å². The largest absolute Gasteiger partial charge is 0.445 e. The molecule has 2 amide bonds. The first kappa shape index (κ1) is 25.3. The van der Waals surface area contributed by atoms with E-state index in [1.54, 1.807) is 11.3 Å². The third-order valence-electron chi connectivity index (χ3n) is 6.42. The third kappa shape index (κ3) is 6.83. The average molecular weight is 471 g/mol. The fraction of sp³-hybridized carbons (Fsp3) is 0.556. The number of rotatable bonds is 4. The van der Waals surface area contributed by atoms with Gasteiger partial charge in [-0.15, -0.1) is 11.3 Å². The Morgan fingerprint density at radius 3 is 2.21 bits per heavy atom. The van der Waals surface area contributed by atoms with E-state index in [0.29, 0.717) is 25.6 Å². The molecular formula is C27H38N2O3S. The van der Waals surface area contributed by atoms with Gasteiger partial charge in [0.1, 0.15) is 6.61 Å². The molecule has 5 nitrogen and oxygen atoms in total. The van der Waals surface area contributed by atoms with Crippen LogP contribution in [0.25, 0.3) is 0 Å². The molecule has 4 rings (SSSR count). The third-order valence-corrected chi connectivity index (χ3v) is 7.63. The van der Waals surface area contributed by atoms with Crippen LogP contribution >= 0.6 is 11.3 Å². The molecule has 0 bridgehead atoms. The number of ether oxygens (including phenoxy) is 1. The number of hydrogen-bond acceptors (Lipinski definition) is 4. The monoisotopic (exact) mass is 470 g/mol. The molecule has 1 aromatic heterocycles. The Morgan fingerprint density at radius 2 is 1.58 bits per heavy atom. The molecule has 33 heavy (non-hydrogen) atoms. The highest BCUT2D eigenvalue weighted by atomic mass is 32.1. The summed E-state index contributed by atoms with van der Waals surface area (Å²) in [5, 5.41) is 0. The summed E-state index contributed by atoms with van der Waals surface area (Å²) in [5.41, 5.74) is 1.88. The molecule has 2 aliphatic rings. The predicted molar refractivity (Wildman–Crippen MR) is 135 cm³/mol. The van der Waals surface area contributed by atoms with Gasteiger partial charge in [0.05, 0.1) is 5.56 Å². The number of benzene rings is 1. The Kier molecular flexibility index (Phi) is 9.79. The Morgan fingerprint density at radius 1 is 0.939 bits per heavy atom. The Balaban J connectivity index is 0.00000149. The standard InChI is InChI=1S/C25H32N2O3S.C2H6/c1-19-22(24(28)26-13-7-2-3-8-14-26)17-23(31-19)21-11-15-27(16-12-21)25(29)30-18-20-9-5-4-6-10-20;1-2/h4-6,9-10,17,21H,2-3,7-8,11-16,18H2,1H3;1-2H3. The van der Waals surface area contributed by atoms with Crippen molar-refractivity contribution in [2.75, 3.05) is 26.2 Å². The first-order chi connectivity index (χ1) is 16.1. The van der Waals surface area contributed by atoms with Crippen molar-refractivity contribution in [3.05, 3.63) is 57.3 Å². The number of amides is 2. The van der Waals surface area contributed by atoms with Crippen molar-refractivity contribution in [3.8, 4) is 0 Å². The van der Waals surface area contributed by atoms with Crippen LogP contribution < -0.4 is 0 Å². The van der Waals surface area contributed by atoms with Crippen LogP contribution in [0.5, 0.6) is 0 Å². The lowest BCUT2D eigenvalue weighted by atomic mass is 9.95. The first-order valence-electron chi connectivity index (χ1n) is 12.5. The van der Waals surface area contributed by atoms with E-state index in [9.17, 15) is 9.59 Å². The number of carbonyl (C=O) groups excluding carboxylic acids is 2. The average Bonchev–Trinajstić information content (AvgIpc) is 3.06. The Hall–Kier alpha value is -2.34. The van der Waals surface area contributed by atoms with Gasteiger partial charge in [-0.3, -0.25) is 4.79 Å². The molecule has 6 heteroatoms. The van der Waals surface area contributed by atoms with Gasteiger partial charge < -0.3 is 14.5 Å². The first-order valence-corrected chi connectivity index (χ1v) is 13.3. The van der Waals surface area contributed by atoms with Crippen molar-refractivity contribution >= 4 is 23.3 Å². The highest BCUT2D eigenvalue weighted by Gasteiger charge is 2.28. The van der Waals surface area contributed by atoms with Crippen LogP contribution in [-0.2, 0) is 11.3 Å². The number of piperidine rings is 1. The zero-order valence-electron chi connectivity index (χ0n) is 20.3. The number of thiophene rings is 1. The predicted octanol–water partition coefficient (Wildman–Crippen LogP) is 6.62. The molecule has 0 atom stereocenters. The minimum atomic E-state index is -0.235. The van der Waals surface area contributed by atoms with Crippen LogP contribution in [0.3, 0.4) is 0 Å². The molecule has 2 fully saturated rings. The van der Waals surface area contributed by atoms with Crippen molar-refractivity contribution in [2.45, 2.75) is 71.8 Å². The maximum absolute atomic E-state index is 13.1. The Bertz CT molecular complexity index is 880. The van der Waals surface area contributed by atoms with Gasteiger partial charge in [0.15, 0.2) is 0 Å². The van der Waals surface area contributed by atoms with E-state index in [0.717, 1.165) is 54.8 Å². The molecule has 0 aliphatic carbocycles. The van der Waals surface area contributed by atoms with Gasteiger partial charge in [0.25, 0.3) is 5.91 Å². The number of aryl methyl sites for hydroxylation is 1. The highest BCUT2D eigenvalue weighted by Crippen LogP contribution is 2.35. The highest BCUT2D eigenvalue weighted by molar-refractivity contribution is 7.12. The molecule has 2 saturated heterocycles. The van der Waals surface area contributed by atoms with Crippen LogP contribution in [0.4, 0.5) is 4.79 Å². The molecule has 0 N–H and O–H groups in total. The van der Waals surface area contributed by atoms with Gasteiger partial charge in [-0.1, -0.05) is 57.0 Å². The smallest absolute Gasteiger partial charge is 0.410 e. The summed E-state index contributed by atoms with van der Waals surface area (Å²) in [4.78, 5) is 31.7. The lowest BCUT2D eigenvalue weighted by Crippen LogP contribution is -2.38. The normalized spacial score (nSPS) is 17.1. The number of carbonyl (C=O) groups is 2. The second-order valence-corrected chi connectivity index (χ2v) is 9.91. The van der Waals surface area contributed by atoms with Gasteiger partial charge >= 0.3 is 6.09 Å². The molecule has 2 aliphatic heterocycles. The number of hydrogen-bond donors (Lipinski definition) is 0. The Labute approximate surface area is 202 Å². The molecule has 0 spiro atoms. The summed E-state index contributed by atoms with van der Waals surface area (Å²) in [6.45, 7) is 9.54. The zero-order valence-corrected chi connectivity index (χ0v) is 21.2. The van der Waals surface area contributed by atoms with Gasteiger partial charge in [0, 0.05) is 35.9 Å². The van der Waals surface area contributed by atoms with Crippen LogP contribution in [0.1, 0.15) is 84.0 Å². The zero-order chi connectivity index (χ0) is 23.6. The minimum Gasteiger partial charge on any atom is -0.445 e. The van der Waals surface area contributed by atoms with E-state index in [1.165, 1.54) is 17.7 Å². The molecule has 0 saturated carbocycles. The van der Waals surface area contributed by atoms with E-state index < -0.39 is 0 Å². The van der Waals surface area contributed by atoms with E-state index >= 15 is 0 Å². The van der Waals surface area contributed by atoms with Crippen LogP contribution in [0, 0.1) is 6.92 Å². The summed E-state index contributed by atoms with van der Waals surface area (Å²) < 4.78 is 5.48. The molecule has 3 heterocycles. The summed E-state index contributed by atoms with van der Waals surface area (Å²) in [7, 11) is 0. The SMILES string of the molecule is CC.Cc1sc(C2CCN(C(=O)OCc3ccccc3)CC2)cc1C(=O)N1CCCCCC1. The lowest BCUT2D eigenvalue weighted by Gasteiger charge is -2.30. The summed E-state index contributed by atoms with van der Waals surface area (Å²) >= 11 is 1.75. The molecular weight excluding hydrogens is 432 g/mol. The van der Waals surface area contributed by atoms with Crippen molar-refractivity contribution in [1.82, 2.24) is 9.80 Å². The maximum atomic E-state index is 13.1. The summed E-state index contributed by atoms with van der Waals surface area (Å²) in [6, 6.07) is 11.9. The molecule has 180 valence electrons. The van der Waals surface area contributed by atoms with E-state index in [2.05, 4.69) is 13.0 Å². The molecule has 0 radical (unpaired) electrons. The lowest BCUT2D eigenvalue weighted by molar-refractivity contribution is 0.0761. The van der Waals surface area contributed by atoms with E-state index in [1.807, 2.05) is 54.0 Å². The second kappa shape index (κ2) is 12.8. The van der Waals surface area contributed by atoms with E-state index in [-0.39, 0.29) is 12.0 Å². The van der Waals surface area contributed by atoms with Gasteiger partial charge in [0.2, 0.25) is 0 Å².